The number of aromatic nitrogens is 3. The largest absolute Gasteiger partial charge is 0.376 e. The molecule has 5 heteroatoms. The van der Waals surface area contributed by atoms with Gasteiger partial charge in [0.25, 0.3) is 0 Å². The molecule has 0 spiro atoms. The maximum atomic E-state index is 4.34. The summed E-state index contributed by atoms with van der Waals surface area (Å²) in [4.78, 5) is 0. The van der Waals surface area contributed by atoms with Gasteiger partial charge < -0.3 is 5.32 Å². The summed E-state index contributed by atoms with van der Waals surface area (Å²) in [6, 6.07) is 26.7. The van der Waals surface area contributed by atoms with Gasteiger partial charge in [0.15, 0.2) is 0 Å². The predicted molar refractivity (Wildman–Crippen MR) is 104 cm³/mol. The van der Waals surface area contributed by atoms with E-state index in [0.717, 1.165) is 21.2 Å². The van der Waals surface area contributed by atoms with Gasteiger partial charge in [-0.3, -0.25) is 0 Å². The zero-order valence-corrected chi connectivity index (χ0v) is 15.1. The van der Waals surface area contributed by atoms with Crippen molar-refractivity contribution in [2.75, 3.05) is 5.32 Å². The summed E-state index contributed by atoms with van der Waals surface area (Å²) >= 11 is 3.53. The summed E-state index contributed by atoms with van der Waals surface area (Å²) in [6.45, 7) is 0.692. The van der Waals surface area contributed by atoms with Crippen LogP contribution in [0.2, 0.25) is 0 Å². The van der Waals surface area contributed by atoms with E-state index in [2.05, 4.69) is 74.0 Å². The molecule has 0 saturated carbocycles. The quantitative estimate of drug-likeness (QED) is 0.516. The molecular weight excluding hydrogens is 376 g/mol. The number of nitrogens with one attached hydrogen (secondary N) is 1. The normalized spacial score (nSPS) is 12.2. The maximum absolute atomic E-state index is 4.34. The Balaban J connectivity index is 1.68. The van der Waals surface area contributed by atoms with Gasteiger partial charge in [-0.2, -0.15) is 0 Å². The third kappa shape index (κ3) is 3.56. The molecule has 0 amide bonds. The highest BCUT2D eigenvalue weighted by Gasteiger charge is 2.15. The molecule has 1 unspecified atom stereocenters. The third-order valence-electron chi connectivity index (χ3n) is 4.14. The van der Waals surface area contributed by atoms with Gasteiger partial charge in [0.05, 0.1) is 18.1 Å². The summed E-state index contributed by atoms with van der Waals surface area (Å²) < 4.78 is 3.01. The second kappa shape index (κ2) is 7.07. The van der Waals surface area contributed by atoms with Gasteiger partial charge in [-0.1, -0.05) is 69.7 Å². The van der Waals surface area contributed by atoms with E-state index in [-0.39, 0.29) is 6.04 Å². The summed E-state index contributed by atoms with van der Waals surface area (Å²) in [5, 5.41) is 12.2. The van der Waals surface area contributed by atoms with Gasteiger partial charge in [-0.05, 0) is 35.9 Å². The molecule has 1 aromatic heterocycles. The zero-order chi connectivity index (χ0) is 17.1. The van der Waals surface area contributed by atoms with Crippen molar-refractivity contribution in [2.45, 2.75) is 12.6 Å². The van der Waals surface area contributed by atoms with Crippen molar-refractivity contribution in [3.05, 3.63) is 88.9 Å². The average Bonchev–Trinajstić information content (AvgIpc) is 3.05. The molecule has 25 heavy (non-hydrogen) atoms. The molecule has 4 rings (SSSR count). The summed E-state index contributed by atoms with van der Waals surface area (Å²) in [5.41, 5.74) is 4.23. The first kappa shape index (κ1) is 15.8. The van der Waals surface area contributed by atoms with Crippen molar-refractivity contribution in [1.82, 2.24) is 15.0 Å². The summed E-state index contributed by atoms with van der Waals surface area (Å²) in [5.74, 6) is 0. The summed E-state index contributed by atoms with van der Waals surface area (Å²) in [6.07, 6.45) is 0. The molecule has 4 nitrogen and oxygen atoms in total. The highest BCUT2D eigenvalue weighted by atomic mass is 79.9. The molecule has 1 atom stereocenters. The van der Waals surface area contributed by atoms with Gasteiger partial charge in [0.1, 0.15) is 5.52 Å². The minimum Gasteiger partial charge on any atom is -0.376 e. The molecule has 0 saturated heterocycles. The lowest BCUT2D eigenvalue weighted by Crippen LogP contribution is -2.18. The fourth-order valence-corrected chi connectivity index (χ4v) is 3.32. The van der Waals surface area contributed by atoms with E-state index in [0.29, 0.717) is 6.54 Å². The Morgan fingerprint density at radius 1 is 0.920 bits per heavy atom. The number of benzene rings is 3. The van der Waals surface area contributed by atoms with E-state index >= 15 is 0 Å². The van der Waals surface area contributed by atoms with E-state index in [1.54, 1.807) is 0 Å². The van der Waals surface area contributed by atoms with Crippen LogP contribution in [0.1, 0.15) is 11.6 Å². The number of fused-ring (bicyclic) bond motifs is 1. The van der Waals surface area contributed by atoms with E-state index in [1.807, 2.05) is 41.1 Å². The SMILES string of the molecule is Brc1cccc(NC(Cn2nnc3ccccc32)c2ccccc2)c1. The van der Waals surface area contributed by atoms with Crippen LogP contribution in [0.5, 0.6) is 0 Å². The molecule has 0 aliphatic rings. The highest BCUT2D eigenvalue weighted by Crippen LogP contribution is 2.24. The molecule has 1 heterocycles. The van der Waals surface area contributed by atoms with E-state index < -0.39 is 0 Å². The first-order valence-corrected chi connectivity index (χ1v) is 8.94. The topological polar surface area (TPSA) is 42.7 Å². The van der Waals surface area contributed by atoms with Gasteiger partial charge >= 0.3 is 0 Å². The molecule has 0 bridgehead atoms. The number of nitrogens with zero attached hydrogens (tertiary/aromatic N) is 3. The Kier molecular flexibility index (Phi) is 4.48. The van der Waals surface area contributed by atoms with Gasteiger partial charge in [-0.15, -0.1) is 5.10 Å². The Morgan fingerprint density at radius 2 is 1.72 bits per heavy atom. The van der Waals surface area contributed by atoms with Crippen molar-refractivity contribution in [3.63, 3.8) is 0 Å². The molecule has 0 aliphatic carbocycles. The van der Waals surface area contributed by atoms with Crippen LogP contribution in [0.15, 0.2) is 83.3 Å². The lowest BCUT2D eigenvalue weighted by Gasteiger charge is -2.21. The van der Waals surface area contributed by atoms with Crippen molar-refractivity contribution in [2.24, 2.45) is 0 Å². The fourth-order valence-electron chi connectivity index (χ4n) is 2.92. The van der Waals surface area contributed by atoms with Crippen LogP contribution >= 0.6 is 15.9 Å². The fraction of sp³-hybridized carbons (Fsp3) is 0.100. The zero-order valence-electron chi connectivity index (χ0n) is 13.5. The molecule has 4 aromatic rings. The Labute approximate surface area is 154 Å². The predicted octanol–water partition coefficient (Wildman–Crippen LogP) is 5.05. The van der Waals surface area contributed by atoms with Crippen LogP contribution in [0, 0.1) is 0 Å². The maximum Gasteiger partial charge on any atom is 0.113 e. The second-order valence-electron chi connectivity index (χ2n) is 5.88. The number of para-hydroxylation sites is 1. The Morgan fingerprint density at radius 3 is 2.56 bits per heavy atom. The monoisotopic (exact) mass is 392 g/mol. The lowest BCUT2D eigenvalue weighted by atomic mass is 10.1. The number of hydrogen-bond acceptors (Lipinski definition) is 3. The van der Waals surface area contributed by atoms with Crippen molar-refractivity contribution in [1.29, 1.82) is 0 Å². The van der Waals surface area contributed by atoms with Crippen molar-refractivity contribution >= 4 is 32.7 Å². The van der Waals surface area contributed by atoms with Gasteiger partial charge in [0, 0.05) is 10.2 Å². The Hall–Kier alpha value is -2.66. The van der Waals surface area contributed by atoms with Crippen LogP contribution in [0.25, 0.3) is 11.0 Å². The molecular formula is C20H17BrN4. The first-order chi connectivity index (χ1) is 12.3. The standard InChI is InChI=1S/C20H17BrN4/c21-16-9-6-10-17(13-16)22-19(15-7-2-1-3-8-15)14-25-20-12-5-4-11-18(20)23-24-25/h1-13,19,22H,14H2. The van der Waals surface area contributed by atoms with Crippen LogP contribution in [0.3, 0.4) is 0 Å². The van der Waals surface area contributed by atoms with Crippen LogP contribution in [-0.4, -0.2) is 15.0 Å². The van der Waals surface area contributed by atoms with Crippen LogP contribution in [-0.2, 0) is 6.54 Å². The van der Waals surface area contributed by atoms with Crippen LogP contribution < -0.4 is 5.32 Å². The van der Waals surface area contributed by atoms with Crippen molar-refractivity contribution < 1.29 is 0 Å². The number of rotatable bonds is 5. The van der Waals surface area contributed by atoms with E-state index in [4.69, 9.17) is 0 Å². The minimum atomic E-state index is 0.0839. The molecule has 124 valence electrons. The average molecular weight is 393 g/mol. The first-order valence-electron chi connectivity index (χ1n) is 8.15. The number of hydrogen-bond donors (Lipinski definition) is 1. The molecule has 1 N–H and O–H groups in total. The minimum absolute atomic E-state index is 0.0839. The lowest BCUT2D eigenvalue weighted by molar-refractivity contribution is 0.548. The third-order valence-corrected chi connectivity index (χ3v) is 4.64. The number of halogens is 1. The van der Waals surface area contributed by atoms with Crippen LogP contribution in [0.4, 0.5) is 5.69 Å². The summed E-state index contributed by atoms with van der Waals surface area (Å²) in [7, 11) is 0. The van der Waals surface area contributed by atoms with Gasteiger partial charge in [-0.25, -0.2) is 4.68 Å². The molecule has 0 radical (unpaired) electrons. The molecule has 0 fully saturated rings. The smallest absolute Gasteiger partial charge is 0.113 e. The molecule has 3 aromatic carbocycles. The highest BCUT2D eigenvalue weighted by molar-refractivity contribution is 9.10. The molecule has 0 aliphatic heterocycles. The Bertz CT molecular complexity index is 981. The van der Waals surface area contributed by atoms with E-state index in [9.17, 15) is 0 Å². The van der Waals surface area contributed by atoms with Crippen molar-refractivity contribution in [3.8, 4) is 0 Å². The second-order valence-corrected chi connectivity index (χ2v) is 6.79. The van der Waals surface area contributed by atoms with E-state index in [1.165, 1.54) is 5.56 Å². The number of anilines is 1. The van der Waals surface area contributed by atoms with Gasteiger partial charge in [0.2, 0.25) is 0 Å².